The Bertz CT molecular complexity index is 421. The van der Waals surface area contributed by atoms with Crippen LogP contribution in [0.4, 0.5) is 0 Å². The molecule has 0 atom stereocenters. The van der Waals surface area contributed by atoms with Crippen LogP contribution in [0.1, 0.15) is 0 Å². The van der Waals surface area contributed by atoms with Gasteiger partial charge < -0.3 is 5.11 Å². The zero-order valence-electron chi connectivity index (χ0n) is 7.35. The van der Waals surface area contributed by atoms with E-state index in [0.717, 1.165) is 4.47 Å². The number of rotatable bonds is 0. The van der Waals surface area contributed by atoms with Crippen LogP contribution < -0.4 is 0 Å². The highest BCUT2D eigenvalue weighted by molar-refractivity contribution is 9.10. The summed E-state index contributed by atoms with van der Waals surface area (Å²) >= 11 is 3.50. The maximum atomic E-state index is 8.36. The first-order valence-corrected chi connectivity index (χ1v) is 4.80. The van der Waals surface area contributed by atoms with Gasteiger partial charge in [0.2, 0.25) is 0 Å². The number of carbonyl (C=O) groups is 1. The summed E-state index contributed by atoms with van der Waals surface area (Å²) in [6.45, 7) is -0.250. The molecule has 0 fully saturated rings. The van der Waals surface area contributed by atoms with Crippen molar-refractivity contribution in [3.05, 3.63) is 46.9 Å². The minimum absolute atomic E-state index is 0.250. The Morgan fingerprint density at radius 1 is 1.07 bits per heavy atom. The molecular weight excluding hydrogens is 244 g/mol. The molecule has 1 N–H and O–H groups in total. The Morgan fingerprint density at radius 2 is 1.64 bits per heavy atom. The van der Waals surface area contributed by atoms with Crippen molar-refractivity contribution in [2.24, 2.45) is 0 Å². The van der Waals surface area contributed by atoms with E-state index in [-0.39, 0.29) is 6.47 Å². The lowest BCUT2D eigenvalue weighted by Crippen LogP contribution is -1.71. The fourth-order valence-electron chi connectivity index (χ4n) is 1.19. The molecule has 0 bridgehead atoms. The third kappa shape index (κ3) is 2.57. The summed E-state index contributed by atoms with van der Waals surface area (Å²) in [4.78, 5) is 8.36. The van der Waals surface area contributed by atoms with Crippen molar-refractivity contribution in [3.8, 4) is 0 Å². The minimum Gasteiger partial charge on any atom is -0.483 e. The van der Waals surface area contributed by atoms with E-state index in [0.29, 0.717) is 0 Å². The molecule has 0 aliphatic carbocycles. The summed E-state index contributed by atoms with van der Waals surface area (Å²) in [5.74, 6) is 0. The van der Waals surface area contributed by atoms with Gasteiger partial charge in [0.05, 0.1) is 0 Å². The number of carboxylic acid groups (broad SMARTS) is 1. The second-order valence-corrected chi connectivity index (χ2v) is 3.42. The second-order valence-electron chi connectivity index (χ2n) is 2.57. The lowest BCUT2D eigenvalue weighted by molar-refractivity contribution is -0.122. The smallest absolute Gasteiger partial charge is 0.290 e. The molecule has 0 aliphatic heterocycles. The maximum absolute atomic E-state index is 8.36. The van der Waals surface area contributed by atoms with Gasteiger partial charge in [0.1, 0.15) is 0 Å². The Balaban J connectivity index is 0.000000293. The average Bonchev–Trinajstić information content (AvgIpc) is 2.20. The molecule has 0 heterocycles. The minimum atomic E-state index is -0.250. The van der Waals surface area contributed by atoms with Gasteiger partial charge in [-0.1, -0.05) is 52.3 Å². The quantitative estimate of drug-likeness (QED) is 0.731. The molecule has 14 heavy (non-hydrogen) atoms. The van der Waals surface area contributed by atoms with Crippen molar-refractivity contribution >= 4 is 33.2 Å². The Hall–Kier alpha value is -1.35. The fourth-order valence-corrected chi connectivity index (χ4v) is 1.70. The van der Waals surface area contributed by atoms with Crippen LogP contribution in [-0.4, -0.2) is 11.6 Å². The van der Waals surface area contributed by atoms with E-state index in [1.807, 2.05) is 12.1 Å². The SMILES string of the molecule is Brc1cccc2ccccc12.O=CO. The molecular formula is C11H9BrO2. The van der Waals surface area contributed by atoms with Crippen molar-refractivity contribution in [1.29, 1.82) is 0 Å². The predicted octanol–water partition coefficient (Wildman–Crippen LogP) is 3.30. The van der Waals surface area contributed by atoms with E-state index in [9.17, 15) is 0 Å². The van der Waals surface area contributed by atoms with Crippen molar-refractivity contribution in [2.75, 3.05) is 0 Å². The van der Waals surface area contributed by atoms with E-state index < -0.39 is 0 Å². The summed E-state index contributed by atoms with van der Waals surface area (Å²) in [5.41, 5.74) is 0. The van der Waals surface area contributed by atoms with Crippen LogP contribution in [0.2, 0.25) is 0 Å². The first-order chi connectivity index (χ1) is 6.79. The molecule has 0 saturated carbocycles. The van der Waals surface area contributed by atoms with Gasteiger partial charge in [0.25, 0.3) is 6.47 Å². The summed E-state index contributed by atoms with van der Waals surface area (Å²) in [6.07, 6.45) is 0. The first kappa shape index (κ1) is 10.7. The molecule has 72 valence electrons. The van der Waals surface area contributed by atoms with Crippen LogP contribution in [0.5, 0.6) is 0 Å². The van der Waals surface area contributed by atoms with Gasteiger partial charge in [-0.25, -0.2) is 0 Å². The van der Waals surface area contributed by atoms with E-state index in [1.165, 1.54) is 10.8 Å². The summed E-state index contributed by atoms with van der Waals surface area (Å²) in [7, 11) is 0. The van der Waals surface area contributed by atoms with Crippen LogP contribution in [0, 0.1) is 0 Å². The lowest BCUT2D eigenvalue weighted by atomic mass is 10.1. The molecule has 0 unspecified atom stereocenters. The van der Waals surface area contributed by atoms with E-state index in [1.54, 1.807) is 0 Å². The van der Waals surface area contributed by atoms with Crippen molar-refractivity contribution in [2.45, 2.75) is 0 Å². The highest BCUT2D eigenvalue weighted by Crippen LogP contribution is 2.22. The van der Waals surface area contributed by atoms with Crippen LogP contribution in [0.15, 0.2) is 46.9 Å². The van der Waals surface area contributed by atoms with Gasteiger partial charge in [-0.2, -0.15) is 0 Å². The fraction of sp³-hybridized carbons (Fsp3) is 0. The van der Waals surface area contributed by atoms with E-state index in [4.69, 9.17) is 9.90 Å². The molecule has 0 saturated heterocycles. The molecule has 0 amide bonds. The number of halogens is 1. The van der Waals surface area contributed by atoms with Gasteiger partial charge in [-0.05, 0) is 16.8 Å². The number of hydrogen-bond donors (Lipinski definition) is 1. The maximum Gasteiger partial charge on any atom is 0.290 e. The standard InChI is InChI=1S/C10H7Br.CH2O2/c11-10-7-3-5-8-4-1-2-6-9(8)10;2-1-3/h1-7H;1H,(H,2,3). The highest BCUT2D eigenvalue weighted by Gasteiger charge is 1.93. The Labute approximate surface area is 90.3 Å². The van der Waals surface area contributed by atoms with Crippen LogP contribution in [0.25, 0.3) is 10.8 Å². The normalized spacial score (nSPS) is 8.93. The highest BCUT2D eigenvalue weighted by atomic mass is 79.9. The Morgan fingerprint density at radius 3 is 2.29 bits per heavy atom. The van der Waals surface area contributed by atoms with Gasteiger partial charge >= 0.3 is 0 Å². The molecule has 0 radical (unpaired) electrons. The summed E-state index contributed by atoms with van der Waals surface area (Å²) < 4.78 is 1.16. The molecule has 2 rings (SSSR count). The lowest BCUT2D eigenvalue weighted by Gasteiger charge is -1.97. The van der Waals surface area contributed by atoms with Crippen molar-refractivity contribution in [1.82, 2.24) is 0 Å². The third-order valence-corrected chi connectivity index (χ3v) is 2.43. The second kappa shape index (κ2) is 5.40. The molecule has 2 aromatic rings. The van der Waals surface area contributed by atoms with Crippen LogP contribution in [-0.2, 0) is 4.79 Å². The molecule has 3 heteroatoms. The molecule has 0 spiro atoms. The van der Waals surface area contributed by atoms with Gasteiger partial charge in [-0.3, -0.25) is 4.79 Å². The molecule has 2 nitrogen and oxygen atoms in total. The van der Waals surface area contributed by atoms with Crippen LogP contribution in [0.3, 0.4) is 0 Å². The zero-order valence-corrected chi connectivity index (χ0v) is 8.94. The van der Waals surface area contributed by atoms with Gasteiger partial charge in [0, 0.05) is 4.47 Å². The topological polar surface area (TPSA) is 37.3 Å². The average molecular weight is 253 g/mol. The first-order valence-electron chi connectivity index (χ1n) is 4.00. The third-order valence-electron chi connectivity index (χ3n) is 1.74. The van der Waals surface area contributed by atoms with E-state index >= 15 is 0 Å². The largest absolute Gasteiger partial charge is 0.483 e. The van der Waals surface area contributed by atoms with Gasteiger partial charge in [0.15, 0.2) is 0 Å². The van der Waals surface area contributed by atoms with Crippen molar-refractivity contribution in [3.63, 3.8) is 0 Å². The number of hydrogen-bond acceptors (Lipinski definition) is 1. The van der Waals surface area contributed by atoms with Crippen molar-refractivity contribution < 1.29 is 9.90 Å². The zero-order chi connectivity index (χ0) is 10.4. The summed E-state index contributed by atoms with van der Waals surface area (Å²) in [6, 6.07) is 14.5. The number of benzene rings is 2. The Kier molecular flexibility index (Phi) is 4.13. The molecule has 0 aromatic heterocycles. The molecule has 0 aliphatic rings. The van der Waals surface area contributed by atoms with E-state index in [2.05, 4.69) is 46.3 Å². The van der Waals surface area contributed by atoms with Crippen LogP contribution >= 0.6 is 15.9 Å². The predicted molar refractivity (Wildman–Crippen MR) is 60.3 cm³/mol. The number of fused-ring (bicyclic) bond motifs is 1. The molecule has 2 aromatic carbocycles. The monoisotopic (exact) mass is 252 g/mol. The van der Waals surface area contributed by atoms with Gasteiger partial charge in [-0.15, -0.1) is 0 Å². The summed E-state index contributed by atoms with van der Waals surface area (Å²) in [5, 5.41) is 9.44.